The van der Waals surface area contributed by atoms with Gasteiger partial charge in [0.15, 0.2) is 0 Å². The number of nitriles is 1. The Morgan fingerprint density at radius 2 is 2.09 bits per heavy atom. The second-order valence-electron chi connectivity index (χ2n) is 10.2. The van der Waals surface area contributed by atoms with E-state index >= 15 is 4.39 Å². The number of carbonyl (C=O) groups is 1. The van der Waals surface area contributed by atoms with Gasteiger partial charge in [-0.25, -0.2) is 9.37 Å². The number of amides is 1. The fourth-order valence-corrected chi connectivity index (χ4v) is 5.52. The van der Waals surface area contributed by atoms with E-state index in [0.717, 1.165) is 17.7 Å². The number of nitrogens with zero attached hydrogens (tertiary/aromatic N) is 4. The van der Waals surface area contributed by atoms with Gasteiger partial charge in [0.2, 0.25) is 5.91 Å². The first kappa shape index (κ1) is 22.4. The average Bonchev–Trinajstić information content (AvgIpc) is 3.22. The number of halogens is 1. The number of anilines is 2. The van der Waals surface area contributed by atoms with Crippen LogP contribution in [0.15, 0.2) is 30.9 Å². The molecule has 176 valence electrons. The van der Waals surface area contributed by atoms with Crippen molar-refractivity contribution in [2.75, 3.05) is 36.8 Å². The lowest BCUT2D eigenvalue weighted by atomic mass is 9.79. The van der Waals surface area contributed by atoms with Gasteiger partial charge in [0.05, 0.1) is 17.9 Å². The fourth-order valence-electron chi connectivity index (χ4n) is 5.52. The Kier molecular flexibility index (Phi) is 5.14. The van der Waals surface area contributed by atoms with Gasteiger partial charge in [-0.2, -0.15) is 5.26 Å². The van der Waals surface area contributed by atoms with Crippen LogP contribution in [0.1, 0.15) is 37.1 Å². The van der Waals surface area contributed by atoms with Crippen molar-refractivity contribution in [3.05, 3.63) is 53.5 Å². The SMILES string of the molecule is C=CC(=O)N1CC2(CCN(c3nc4c(c(-c5c(N)cccc5F)c3C#N)COC(C)(C)C4)C2)C1. The lowest BCUT2D eigenvalue weighted by molar-refractivity contribution is -0.136. The summed E-state index contributed by atoms with van der Waals surface area (Å²) in [5, 5.41) is 10.3. The van der Waals surface area contributed by atoms with Crippen LogP contribution in [0.4, 0.5) is 15.9 Å². The minimum Gasteiger partial charge on any atom is -0.398 e. The molecule has 8 heteroatoms. The fraction of sp³-hybridized carbons (Fsp3) is 0.423. The minimum absolute atomic E-state index is 0.0252. The number of rotatable bonds is 3. The highest BCUT2D eigenvalue weighted by Crippen LogP contribution is 2.46. The Morgan fingerprint density at radius 3 is 2.76 bits per heavy atom. The molecule has 4 heterocycles. The monoisotopic (exact) mass is 461 g/mol. The number of ether oxygens (including phenoxy) is 1. The van der Waals surface area contributed by atoms with Gasteiger partial charge in [-0.3, -0.25) is 4.79 Å². The van der Waals surface area contributed by atoms with Crippen LogP contribution in [0.25, 0.3) is 11.1 Å². The quantitative estimate of drug-likeness (QED) is 0.556. The summed E-state index contributed by atoms with van der Waals surface area (Å²) in [7, 11) is 0. The summed E-state index contributed by atoms with van der Waals surface area (Å²) in [4.78, 5) is 20.8. The van der Waals surface area contributed by atoms with Crippen LogP contribution in [-0.4, -0.2) is 47.6 Å². The standard InChI is InChI=1S/C26H28FN5O2/c1-4-21(33)32-14-26(15-32)8-9-31(13-26)24-16(11-28)22(23-18(27)6-5-7-19(23)29)17-12-34-25(2,3)10-20(17)30-24/h4-7H,1,8-10,12-15,29H2,2-3H3. The molecule has 34 heavy (non-hydrogen) atoms. The Hall–Kier alpha value is -3.44. The van der Waals surface area contributed by atoms with Crippen LogP contribution < -0.4 is 10.6 Å². The Morgan fingerprint density at radius 1 is 1.32 bits per heavy atom. The zero-order valence-electron chi connectivity index (χ0n) is 19.5. The molecule has 0 saturated carbocycles. The zero-order valence-corrected chi connectivity index (χ0v) is 19.5. The van der Waals surface area contributed by atoms with Gasteiger partial charge < -0.3 is 20.3 Å². The highest BCUT2D eigenvalue weighted by Gasteiger charge is 2.49. The smallest absolute Gasteiger partial charge is 0.245 e. The first-order chi connectivity index (χ1) is 16.2. The van der Waals surface area contributed by atoms with E-state index in [2.05, 4.69) is 17.5 Å². The molecule has 3 aliphatic rings. The molecule has 1 aromatic heterocycles. The van der Waals surface area contributed by atoms with Crippen molar-refractivity contribution >= 4 is 17.4 Å². The molecule has 2 N–H and O–H groups in total. The van der Waals surface area contributed by atoms with Crippen LogP contribution >= 0.6 is 0 Å². The molecule has 0 bridgehead atoms. The Labute approximate surface area is 198 Å². The number of nitrogen functional groups attached to an aromatic ring is 1. The number of nitrogens with two attached hydrogens (primary N) is 1. The molecule has 7 nitrogen and oxygen atoms in total. The van der Waals surface area contributed by atoms with Crippen molar-refractivity contribution in [2.45, 2.75) is 38.9 Å². The van der Waals surface area contributed by atoms with Crippen LogP contribution in [0.2, 0.25) is 0 Å². The zero-order chi connectivity index (χ0) is 24.3. The van der Waals surface area contributed by atoms with E-state index in [1.807, 2.05) is 13.8 Å². The van der Waals surface area contributed by atoms with E-state index in [4.69, 9.17) is 15.5 Å². The van der Waals surface area contributed by atoms with E-state index in [0.29, 0.717) is 49.5 Å². The Bertz CT molecular complexity index is 1220. The third-order valence-electron chi connectivity index (χ3n) is 7.25. The molecular weight excluding hydrogens is 433 g/mol. The van der Waals surface area contributed by atoms with Gasteiger partial charge >= 0.3 is 0 Å². The number of hydrogen-bond donors (Lipinski definition) is 1. The van der Waals surface area contributed by atoms with Crippen molar-refractivity contribution in [1.29, 1.82) is 5.26 Å². The predicted molar refractivity (Wildman–Crippen MR) is 127 cm³/mol. The lowest BCUT2D eigenvalue weighted by Crippen LogP contribution is -2.59. The van der Waals surface area contributed by atoms with Crippen molar-refractivity contribution < 1.29 is 13.9 Å². The summed E-state index contributed by atoms with van der Waals surface area (Å²) < 4.78 is 21.1. The van der Waals surface area contributed by atoms with E-state index < -0.39 is 11.4 Å². The van der Waals surface area contributed by atoms with E-state index in [9.17, 15) is 10.1 Å². The van der Waals surface area contributed by atoms with Crippen molar-refractivity contribution in [2.24, 2.45) is 5.41 Å². The van der Waals surface area contributed by atoms with Gasteiger partial charge in [0, 0.05) is 60.4 Å². The summed E-state index contributed by atoms with van der Waals surface area (Å²) in [6, 6.07) is 6.87. The van der Waals surface area contributed by atoms with Crippen molar-refractivity contribution in [3.8, 4) is 17.2 Å². The maximum Gasteiger partial charge on any atom is 0.245 e. The normalized spacial score (nSPS) is 19.9. The summed E-state index contributed by atoms with van der Waals surface area (Å²) in [5.74, 6) is 0.0198. The number of carbonyl (C=O) groups excluding carboxylic acids is 1. The molecule has 1 spiro atoms. The Balaban J connectivity index is 1.61. The molecule has 2 saturated heterocycles. The van der Waals surface area contributed by atoms with Gasteiger partial charge in [0.25, 0.3) is 0 Å². The molecule has 1 amide bonds. The molecule has 5 rings (SSSR count). The first-order valence-corrected chi connectivity index (χ1v) is 11.5. The summed E-state index contributed by atoms with van der Waals surface area (Å²) in [5.41, 5.74) is 8.60. The third-order valence-corrected chi connectivity index (χ3v) is 7.25. The molecule has 0 unspecified atom stereocenters. The first-order valence-electron chi connectivity index (χ1n) is 11.5. The summed E-state index contributed by atoms with van der Waals surface area (Å²) in [6.45, 7) is 10.5. The molecule has 0 aliphatic carbocycles. The highest BCUT2D eigenvalue weighted by molar-refractivity contribution is 5.88. The minimum atomic E-state index is -0.476. The molecule has 0 atom stereocenters. The van der Waals surface area contributed by atoms with Gasteiger partial charge in [-0.05, 0) is 38.5 Å². The average molecular weight is 462 g/mol. The van der Waals surface area contributed by atoms with E-state index in [1.165, 1.54) is 12.1 Å². The number of fused-ring (bicyclic) bond motifs is 1. The number of likely N-dealkylation sites (tertiary alicyclic amines) is 1. The third kappa shape index (κ3) is 3.51. The second kappa shape index (κ2) is 7.81. The largest absolute Gasteiger partial charge is 0.398 e. The molecule has 2 fully saturated rings. The van der Waals surface area contributed by atoms with Crippen LogP contribution in [-0.2, 0) is 22.6 Å². The van der Waals surface area contributed by atoms with Crippen molar-refractivity contribution in [3.63, 3.8) is 0 Å². The summed E-state index contributed by atoms with van der Waals surface area (Å²) >= 11 is 0. The van der Waals surface area contributed by atoms with E-state index in [1.54, 1.807) is 17.0 Å². The molecule has 3 aliphatic heterocycles. The van der Waals surface area contributed by atoms with Crippen molar-refractivity contribution in [1.82, 2.24) is 9.88 Å². The maximum atomic E-state index is 15.1. The van der Waals surface area contributed by atoms with Gasteiger partial charge in [-0.1, -0.05) is 12.6 Å². The van der Waals surface area contributed by atoms with Crippen LogP contribution in [0, 0.1) is 22.6 Å². The molecule has 0 radical (unpaired) electrons. The molecule has 1 aromatic carbocycles. The van der Waals surface area contributed by atoms with Crippen LogP contribution in [0.3, 0.4) is 0 Å². The van der Waals surface area contributed by atoms with Gasteiger partial charge in [-0.15, -0.1) is 0 Å². The van der Waals surface area contributed by atoms with E-state index in [-0.39, 0.29) is 29.2 Å². The molecular formula is C26H28FN5O2. The number of benzene rings is 1. The molecule has 2 aromatic rings. The van der Waals surface area contributed by atoms with Crippen LogP contribution in [0.5, 0.6) is 0 Å². The lowest BCUT2D eigenvalue weighted by Gasteiger charge is -2.47. The number of hydrogen-bond acceptors (Lipinski definition) is 6. The topological polar surface area (TPSA) is 95.5 Å². The predicted octanol–water partition coefficient (Wildman–Crippen LogP) is 3.42. The highest BCUT2D eigenvalue weighted by atomic mass is 19.1. The maximum absolute atomic E-state index is 15.1. The van der Waals surface area contributed by atoms with Gasteiger partial charge in [0.1, 0.15) is 23.3 Å². The summed E-state index contributed by atoms with van der Waals surface area (Å²) in [6.07, 6.45) is 2.78. The number of aromatic nitrogens is 1. The number of pyridine rings is 1. The second-order valence-corrected chi connectivity index (χ2v) is 10.2.